The van der Waals surface area contributed by atoms with Crippen molar-refractivity contribution in [1.29, 1.82) is 0 Å². The first-order valence-electron chi connectivity index (χ1n) is 10.7. The molecule has 0 spiro atoms. The van der Waals surface area contributed by atoms with Crippen LogP contribution in [0.15, 0.2) is 65.8 Å². The fourth-order valence-corrected chi connectivity index (χ4v) is 3.20. The molecule has 9 nitrogen and oxygen atoms in total. The Morgan fingerprint density at radius 2 is 1.54 bits per heavy atom. The quantitative estimate of drug-likeness (QED) is 0.198. The molecule has 1 amide bonds. The molecule has 0 saturated heterocycles. The van der Waals surface area contributed by atoms with Crippen LogP contribution < -0.4 is 29.7 Å². The average Bonchev–Trinajstić information content (AvgIpc) is 2.88. The molecule has 0 aliphatic carbocycles. The zero-order valence-electron chi connectivity index (χ0n) is 20.0. The van der Waals surface area contributed by atoms with E-state index in [4.69, 9.17) is 18.9 Å². The van der Waals surface area contributed by atoms with Gasteiger partial charge in [0, 0.05) is 11.3 Å². The molecular weight excluding hydrogens is 450 g/mol. The second-order valence-electron chi connectivity index (χ2n) is 7.30. The van der Waals surface area contributed by atoms with Gasteiger partial charge in [-0.25, -0.2) is 10.2 Å². The van der Waals surface area contributed by atoms with Gasteiger partial charge in [0.2, 0.25) is 5.75 Å². The maximum absolute atomic E-state index is 12.8. The van der Waals surface area contributed by atoms with E-state index in [1.54, 1.807) is 24.3 Å². The zero-order chi connectivity index (χ0) is 25.2. The summed E-state index contributed by atoms with van der Waals surface area (Å²) in [5.41, 5.74) is 5.07. The Hall–Kier alpha value is -4.53. The summed E-state index contributed by atoms with van der Waals surface area (Å²) in [5.74, 6) is 0.341. The van der Waals surface area contributed by atoms with E-state index in [0.29, 0.717) is 22.8 Å². The van der Waals surface area contributed by atoms with E-state index in [0.717, 1.165) is 11.3 Å². The van der Waals surface area contributed by atoms with Crippen molar-refractivity contribution in [2.75, 3.05) is 33.2 Å². The highest BCUT2D eigenvalue weighted by molar-refractivity contribution is 5.94. The number of rotatable bonds is 10. The van der Waals surface area contributed by atoms with Crippen LogP contribution in [0.2, 0.25) is 0 Å². The SMILES string of the molecule is COc1cc(C(=O)Oc2ccccc2/C=N/NC(=O)CNc2ccccc2C)cc(OC)c1OC. The summed E-state index contributed by atoms with van der Waals surface area (Å²) < 4.78 is 21.4. The average molecular weight is 478 g/mol. The number of nitrogens with one attached hydrogen (secondary N) is 2. The lowest BCUT2D eigenvalue weighted by molar-refractivity contribution is -0.119. The van der Waals surface area contributed by atoms with Gasteiger partial charge in [0.1, 0.15) is 5.75 Å². The number of carbonyl (C=O) groups is 2. The monoisotopic (exact) mass is 477 g/mol. The van der Waals surface area contributed by atoms with E-state index < -0.39 is 5.97 Å². The van der Waals surface area contributed by atoms with E-state index >= 15 is 0 Å². The molecule has 3 rings (SSSR count). The number of aryl methyl sites for hydroxylation is 1. The number of hydrogen-bond acceptors (Lipinski definition) is 8. The van der Waals surface area contributed by atoms with Crippen molar-refractivity contribution in [2.45, 2.75) is 6.92 Å². The first kappa shape index (κ1) is 25.1. The van der Waals surface area contributed by atoms with Gasteiger partial charge >= 0.3 is 5.97 Å². The summed E-state index contributed by atoms with van der Waals surface area (Å²) >= 11 is 0. The molecule has 0 bridgehead atoms. The minimum atomic E-state index is -0.628. The summed E-state index contributed by atoms with van der Waals surface area (Å²) in [7, 11) is 4.40. The van der Waals surface area contributed by atoms with Crippen molar-refractivity contribution in [3.05, 3.63) is 77.4 Å². The van der Waals surface area contributed by atoms with E-state index in [-0.39, 0.29) is 23.8 Å². The lowest BCUT2D eigenvalue weighted by atomic mass is 10.1. The second-order valence-corrected chi connectivity index (χ2v) is 7.30. The Morgan fingerprint density at radius 3 is 2.20 bits per heavy atom. The Labute approximate surface area is 203 Å². The lowest BCUT2D eigenvalue weighted by Gasteiger charge is -2.14. The van der Waals surface area contributed by atoms with Gasteiger partial charge in [0.15, 0.2) is 11.5 Å². The molecule has 0 heterocycles. The van der Waals surface area contributed by atoms with Crippen molar-refractivity contribution in [1.82, 2.24) is 5.43 Å². The van der Waals surface area contributed by atoms with Crippen LogP contribution in [0.25, 0.3) is 0 Å². The fourth-order valence-electron chi connectivity index (χ4n) is 3.20. The number of methoxy groups -OCH3 is 3. The fraction of sp³-hybridized carbons (Fsp3) is 0.192. The van der Waals surface area contributed by atoms with Crippen LogP contribution in [0, 0.1) is 6.92 Å². The molecule has 182 valence electrons. The maximum atomic E-state index is 12.8. The number of anilines is 1. The Morgan fingerprint density at radius 1 is 0.886 bits per heavy atom. The third-order valence-corrected chi connectivity index (χ3v) is 5.00. The third-order valence-electron chi connectivity index (χ3n) is 5.00. The van der Waals surface area contributed by atoms with Gasteiger partial charge in [-0.05, 0) is 42.8 Å². The number of amides is 1. The molecule has 0 atom stereocenters. The minimum Gasteiger partial charge on any atom is -0.493 e. The van der Waals surface area contributed by atoms with E-state index in [1.165, 1.54) is 39.7 Å². The molecule has 0 aliphatic rings. The molecule has 0 aliphatic heterocycles. The van der Waals surface area contributed by atoms with Gasteiger partial charge in [0.25, 0.3) is 5.91 Å². The number of benzene rings is 3. The molecule has 0 fully saturated rings. The summed E-state index contributed by atoms with van der Waals surface area (Å²) in [6.45, 7) is 2.01. The van der Waals surface area contributed by atoms with Gasteiger partial charge in [-0.2, -0.15) is 5.10 Å². The van der Waals surface area contributed by atoms with E-state index in [2.05, 4.69) is 15.8 Å². The number of hydrogen-bond donors (Lipinski definition) is 2. The molecule has 3 aromatic rings. The molecule has 35 heavy (non-hydrogen) atoms. The predicted molar refractivity (Wildman–Crippen MR) is 133 cm³/mol. The molecule has 0 aromatic heterocycles. The first-order valence-corrected chi connectivity index (χ1v) is 10.7. The molecule has 0 unspecified atom stereocenters. The lowest BCUT2D eigenvalue weighted by Crippen LogP contribution is -2.26. The topological polar surface area (TPSA) is 107 Å². The Bertz CT molecular complexity index is 1200. The zero-order valence-corrected chi connectivity index (χ0v) is 20.0. The largest absolute Gasteiger partial charge is 0.493 e. The normalized spacial score (nSPS) is 10.5. The molecule has 0 radical (unpaired) electrons. The highest BCUT2D eigenvalue weighted by atomic mass is 16.5. The Kier molecular flexibility index (Phi) is 8.66. The smallest absolute Gasteiger partial charge is 0.343 e. The van der Waals surface area contributed by atoms with Crippen LogP contribution >= 0.6 is 0 Å². The van der Waals surface area contributed by atoms with Gasteiger partial charge < -0.3 is 24.3 Å². The number of nitrogens with zero attached hydrogens (tertiary/aromatic N) is 1. The van der Waals surface area contributed by atoms with Crippen molar-refractivity contribution in [2.24, 2.45) is 5.10 Å². The van der Waals surface area contributed by atoms with Crippen LogP contribution in [-0.4, -0.2) is 46.0 Å². The standard InChI is InChI=1S/C26H27N3O6/c1-17-9-5-7-11-20(17)27-16-24(30)29-28-15-18-10-6-8-12-21(18)35-26(31)19-13-22(32-2)25(34-4)23(14-19)33-3/h5-15,27H,16H2,1-4H3,(H,29,30)/b28-15+. The predicted octanol–water partition coefficient (Wildman–Crippen LogP) is 3.80. The number of esters is 1. The first-order chi connectivity index (χ1) is 17.0. The van der Waals surface area contributed by atoms with Crippen LogP contribution in [-0.2, 0) is 4.79 Å². The van der Waals surface area contributed by atoms with Crippen molar-refractivity contribution in [3.63, 3.8) is 0 Å². The van der Waals surface area contributed by atoms with Gasteiger partial charge in [-0.15, -0.1) is 0 Å². The molecule has 2 N–H and O–H groups in total. The van der Waals surface area contributed by atoms with Gasteiger partial charge in [-0.3, -0.25) is 4.79 Å². The van der Waals surface area contributed by atoms with Gasteiger partial charge in [0.05, 0.1) is 39.7 Å². The van der Waals surface area contributed by atoms with E-state index in [1.807, 2.05) is 31.2 Å². The van der Waals surface area contributed by atoms with Crippen LogP contribution in [0.3, 0.4) is 0 Å². The summed E-state index contributed by atoms with van der Waals surface area (Å²) in [6, 6.07) is 17.5. The molecule has 0 saturated carbocycles. The van der Waals surface area contributed by atoms with Crippen molar-refractivity contribution >= 4 is 23.8 Å². The molecule has 9 heteroatoms. The number of ether oxygens (including phenoxy) is 4. The van der Waals surface area contributed by atoms with Crippen molar-refractivity contribution in [3.8, 4) is 23.0 Å². The minimum absolute atomic E-state index is 0.0555. The van der Waals surface area contributed by atoms with Crippen LogP contribution in [0.5, 0.6) is 23.0 Å². The summed E-state index contributed by atoms with van der Waals surface area (Å²) in [6.07, 6.45) is 1.41. The number of para-hydroxylation sites is 2. The van der Waals surface area contributed by atoms with Crippen molar-refractivity contribution < 1.29 is 28.5 Å². The Balaban J connectivity index is 1.67. The maximum Gasteiger partial charge on any atom is 0.343 e. The van der Waals surface area contributed by atoms with Crippen LogP contribution in [0.1, 0.15) is 21.5 Å². The van der Waals surface area contributed by atoms with Crippen LogP contribution in [0.4, 0.5) is 5.69 Å². The summed E-state index contributed by atoms with van der Waals surface area (Å²) in [5, 5.41) is 7.04. The van der Waals surface area contributed by atoms with E-state index in [9.17, 15) is 9.59 Å². The summed E-state index contributed by atoms with van der Waals surface area (Å²) in [4.78, 5) is 25.0. The third kappa shape index (κ3) is 6.50. The molecular formula is C26H27N3O6. The highest BCUT2D eigenvalue weighted by Gasteiger charge is 2.19. The number of hydrazone groups is 1. The highest BCUT2D eigenvalue weighted by Crippen LogP contribution is 2.38. The number of carbonyl (C=O) groups excluding carboxylic acids is 2. The second kappa shape index (κ2) is 12.1. The molecule has 3 aromatic carbocycles. The van der Waals surface area contributed by atoms with Gasteiger partial charge in [-0.1, -0.05) is 30.3 Å².